The van der Waals surface area contributed by atoms with Crippen molar-refractivity contribution in [3.8, 4) is 5.75 Å². The first kappa shape index (κ1) is 26.9. The summed E-state index contributed by atoms with van der Waals surface area (Å²) in [6.07, 6.45) is 4.36. The van der Waals surface area contributed by atoms with Crippen molar-refractivity contribution < 1.29 is 22.7 Å². The molecule has 8 nitrogen and oxygen atoms in total. The maximum atomic E-state index is 13.6. The van der Waals surface area contributed by atoms with Gasteiger partial charge in [0, 0.05) is 19.9 Å². The second-order valence-corrected chi connectivity index (χ2v) is 12.9. The quantitative estimate of drug-likeness (QED) is 0.391. The second-order valence-electron chi connectivity index (χ2n) is 11.0. The van der Waals surface area contributed by atoms with E-state index < -0.39 is 15.4 Å². The highest BCUT2D eigenvalue weighted by atomic mass is 32.2. The topological polar surface area (TPSA) is 89.0 Å². The number of nitrogens with zero attached hydrogens (tertiary/aromatic N) is 3. The number of sulfonamides is 1. The zero-order valence-corrected chi connectivity index (χ0v) is 23.5. The number of methoxy groups -OCH3 is 1. The molecule has 3 aromatic rings. The molecule has 1 unspecified atom stereocenters. The van der Waals surface area contributed by atoms with Crippen LogP contribution < -0.4 is 4.74 Å². The summed E-state index contributed by atoms with van der Waals surface area (Å²) in [5, 5.41) is 0. The maximum absolute atomic E-state index is 13.6. The molecule has 0 spiro atoms. The van der Waals surface area contributed by atoms with Gasteiger partial charge in [0.1, 0.15) is 18.0 Å². The van der Waals surface area contributed by atoms with Gasteiger partial charge in [-0.2, -0.15) is 4.31 Å². The number of ether oxygens (including phenoxy) is 2. The number of benzene rings is 2. The zero-order valence-electron chi connectivity index (χ0n) is 22.7. The molecule has 2 saturated heterocycles. The predicted octanol–water partition coefficient (Wildman–Crippen LogP) is 4.08. The molecule has 1 aliphatic carbocycles. The van der Waals surface area contributed by atoms with Crippen LogP contribution in [-0.4, -0.2) is 67.5 Å². The van der Waals surface area contributed by atoms with E-state index in [1.54, 1.807) is 23.7 Å². The Hall–Kier alpha value is -3.27. The highest BCUT2D eigenvalue weighted by Gasteiger charge is 2.55. The standard InChI is InChI=1S/C31H35N3O5S/c1-38-28-20-33(30(35)31(15-16-31)24-10-3-2-4-11-24)21-29(28)39-25-12-7-9-23(19-25)22-40(36,37)34-18-8-14-27(34)26-13-5-6-17-32-26/h2-7,9-13,17,19,27-29H,8,14-16,18,20-22H2,1H3/t27?,28-,29-/m1/s1. The van der Waals surface area contributed by atoms with Gasteiger partial charge in [0.25, 0.3) is 0 Å². The number of carbonyl (C=O) groups is 1. The summed E-state index contributed by atoms with van der Waals surface area (Å²) in [6, 6.07) is 22.6. The fourth-order valence-corrected chi connectivity index (χ4v) is 7.95. The van der Waals surface area contributed by atoms with Gasteiger partial charge in [0.05, 0.1) is 36.0 Å². The SMILES string of the molecule is CO[C@@H]1CN(C(=O)C2(c3ccccc3)CC2)C[C@H]1Oc1cccc(CS(=O)(=O)N2CCCC2c2ccccn2)c1. The molecule has 2 aliphatic heterocycles. The van der Waals surface area contributed by atoms with Gasteiger partial charge in [-0.3, -0.25) is 9.78 Å². The van der Waals surface area contributed by atoms with Gasteiger partial charge in [-0.15, -0.1) is 0 Å². The molecule has 1 aromatic heterocycles. The minimum absolute atomic E-state index is 0.115. The lowest BCUT2D eigenvalue weighted by atomic mass is 9.94. The van der Waals surface area contributed by atoms with E-state index >= 15 is 0 Å². The Bertz CT molecular complexity index is 1450. The summed E-state index contributed by atoms with van der Waals surface area (Å²) in [5.41, 5.74) is 2.07. The monoisotopic (exact) mass is 561 g/mol. The Kier molecular flexibility index (Phi) is 7.37. The van der Waals surface area contributed by atoms with Gasteiger partial charge in [-0.05, 0) is 61.1 Å². The summed E-state index contributed by atoms with van der Waals surface area (Å²) >= 11 is 0. The van der Waals surface area contributed by atoms with E-state index in [-0.39, 0.29) is 29.9 Å². The number of pyridine rings is 1. The fraction of sp³-hybridized carbons (Fsp3) is 0.419. The van der Waals surface area contributed by atoms with Crippen LogP contribution >= 0.6 is 0 Å². The molecular weight excluding hydrogens is 526 g/mol. The maximum Gasteiger partial charge on any atom is 0.233 e. The van der Waals surface area contributed by atoms with Crippen molar-refractivity contribution in [1.29, 1.82) is 0 Å². The Morgan fingerprint density at radius 3 is 2.50 bits per heavy atom. The van der Waals surface area contributed by atoms with Gasteiger partial charge < -0.3 is 14.4 Å². The molecule has 3 heterocycles. The number of hydrogen-bond acceptors (Lipinski definition) is 6. The highest BCUT2D eigenvalue weighted by molar-refractivity contribution is 7.88. The highest BCUT2D eigenvalue weighted by Crippen LogP contribution is 2.50. The van der Waals surface area contributed by atoms with E-state index in [1.807, 2.05) is 71.6 Å². The zero-order chi connectivity index (χ0) is 27.7. The third kappa shape index (κ3) is 5.25. The van der Waals surface area contributed by atoms with Crippen LogP contribution in [0.3, 0.4) is 0 Å². The van der Waals surface area contributed by atoms with E-state index in [2.05, 4.69) is 4.98 Å². The van der Waals surface area contributed by atoms with E-state index in [1.165, 1.54) is 0 Å². The molecule has 1 amide bonds. The van der Waals surface area contributed by atoms with E-state index in [4.69, 9.17) is 9.47 Å². The average Bonchev–Trinajstić information content (AvgIpc) is 3.43. The number of aromatic nitrogens is 1. The summed E-state index contributed by atoms with van der Waals surface area (Å²) in [7, 11) is -1.93. The lowest BCUT2D eigenvalue weighted by Crippen LogP contribution is -2.38. The van der Waals surface area contributed by atoms with Crippen LogP contribution in [0.25, 0.3) is 0 Å². The molecule has 0 bridgehead atoms. The predicted molar refractivity (Wildman–Crippen MR) is 151 cm³/mol. The van der Waals surface area contributed by atoms with Crippen LogP contribution in [0.5, 0.6) is 5.75 Å². The van der Waals surface area contributed by atoms with E-state index in [9.17, 15) is 13.2 Å². The molecule has 3 atom stereocenters. The first-order valence-electron chi connectivity index (χ1n) is 13.9. The van der Waals surface area contributed by atoms with Crippen molar-refractivity contribution in [2.45, 2.75) is 55.1 Å². The number of carbonyl (C=O) groups excluding carboxylic acids is 1. The van der Waals surface area contributed by atoms with Crippen LogP contribution in [0.15, 0.2) is 79.0 Å². The number of hydrogen-bond donors (Lipinski definition) is 0. The van der Waals surface area contributed by atoms with Crippen molar-refractivity contribution in [3.05, 3.63) is 95.8 Å². The molecule has 210 valence electrons. The fourth-order valence-electron chi connectivity index (χ4n) is 6.18. The van der Waals surface area contributed by atoms with Crippen molar-refractivity contribution >= 4 is 15.9 Å². The molecular formula is C31H35N3O5S. The van der Waals surface area contributed by atoms with Gasteiger partial charge in [0.15, 0.2) is 0 Å². The number of likely N-dealkylation sites (tertiary alicyclic amines) is 1. The summed E-state index contributed by atoms with van der Waals surface area (Å²) in [4.78, 5) is 19.9. The average molecular weight is 562 g/mol. The molecule has 0 N–H and O–H groups in total. The van der Waals surface area contributed by atoms with Crippen LogP contribution in [0, 0.1) is 0 Å². The minimum atomic E-state index is -3.57. The lowest BCUT2D eigenvalue weighted by Gasteiger charge is -2.24. The Balaban J connectivity index is 1.14. The van der Waals surface area contributed by atoms with Crippen molar-refractivity contribution in [2.24, 2.45) is 0 Å². The van der Waals surface area contributed by atoms with Gasteiger partial charge in [-0.1, -0.05) is 48.5 Å². The second kappa shape index (κ2) is 11.0. The molecule has 3 aliphatic rings. The van der Waals surface area contributed by atoms with Crippen LogP contribution in [0.4, 0.5) is 0 Å². The Labute approximate surface area is 236 Å². The number of rotatable bonds is 9. The molecule has 6 rings (SSSR count). The summed E-state index contributed by atoms with van der Waals surface area (Å²) in [6.45, 7) is 1.38. The first-order chi connectivity index (χ1) is 19.4. The van der Waals surface area contributed by atoms with Gasteiger partial charge in [-0.25, -0.2) is 8.42 Å². The molecule has 2 aromatic carbocycles. The molecule has 9 heteroatoms. The Morgan fingerprint density at radius 2 is 1.77 bits per heavy atom. The largest absolute Gasteiger partial charge is 0.486 e. The first-order valence-corrected chi connectivity index (χ1v) is 15.5. The van der Waals surface area contributed by atoms with Crippen LogP contribution in [0.1, 0.15) is 48.5 Å². The third-order valence-corrected chi connectivity index (χ3v) is 10.3. The minimum Gasteiger partial charge on any atom is -0.486 e. The lowest BCUT2D eigenvalue weighted by molar-refractivity contribution is -0.133. The summed E-state index contributed by atoms with van der Waals surface area (Å²) < 4.78 is 40.6. The molecule has 40 heavy (non-hydrogen) atoms. The third-order valence-electron chi connectivity index (χ3n) is 8.42. The van der Waals surface area contributed by atoms with Crippen LogP contribution in [-0.2, 0) is 30.7 Å². The number of amides is 1. The van der Waals surface area contributed by atoms with E-state index in [0.29, 0.717) is 30.9 Å². The molecule has 3 fully saturated rings. The van der Waals surface area contributed by atoms with Crippen molar-refractivity contribution in [1.82, 2.24) is 14.2 Å². The molecule has 1 saturated carbocycles. The summed E-state index contributed by atoms with van der Waals surface area (Å²) in [5.74, 6) is 0.580. The smallest absolute Gasteiger partial charge is 0.233 e. The Morgan fingerprint density at radius 1 is 1.00 bits per heavy atom. The van der Waals surface area contributed by atoms with Gasteiger partial charge >= 0.3 is 0 Å². The van der Waals surface area contributed by atoms with Gasteiger partial charge in [0.2, 0.25) is 15.9 Å². The van der Waals surface area contributed by atoms with Crippen molar-refractivity contribution in [3.63, 3.8) is 0 Å². The normalized spacial score (nSPS) is 24.2. The van der Waals surface area contributed by atoms with E-state index in [0.717, 1.165) is 36.9 Å². The van der Waals surface area contributed by atoms with Crippen LogP contribution in [0.2, 0.25) is 0 Å². The molecule has 0 radical (unpaired) electrons. The van der Waals surface area contributed by atoms with Crippen molar-refractivity contribution in [2.75, 3.05) is 26.7 Å².